The highest BCUT2D eigenvalue weighted by Gasteiger charge is 2.69. The highest BCUT2D eigenvalue weighted by atomic mass is 35.5. The number of aromatic nitrogens is 1. The fourth-order valence-corrected chi connectivity index (χ4v) is 4.98. The van der Waals surface area contributed by atoms with Crippen LogP contribution in [0.2, 0.25) is 4.47 Å². The van der Waals surface area contributed by atoms with Gasteiger partial charge in [-0.15, -0.1) is 11.3 Å². The molecule has 1 atom stereocenters. The van der Waals surface area contributed by atoms with Crippen molar-refractivity contribution in [2.24, 2.45) is 0 Å². The van der Waals surface area contributed by atoms with Gasteiger partial charge in [-0.3, -0.25) is 19.8 Å². The summed E-state index contributed by atoms with van der Waals surface area (Å²) in [7, 11) is 0. The van der Waals surface area contributed by atoms with E-state index in [2.05, 4.69) is 4.98 Å². The summed E-state index contributed by atoms with van der Waals surface area (Å²) in [6.45, 7) is 0.992. The molecule has 0 N–H and O–H groups in total. The number of hydrogen-bond acceptors (Lipinski definition) is 8. The molecule has 1 saturated heterocycles. The molecule has 3 aliphatic rings. The molecule has 0 saturated carbocycles. The minimum atomic E-state index is -2.05. The molecule has 0 bridgehead atoms. The Kier molecular flexibility index (Phi) is 3.52. The van der Waals surface area contributed by atoms with Gasteiger partial charge in [0, 0.05) is 29.7 Å². The number of ether oxygens (including phenoxy) is 1. The van der Waals surface area contributed by atoms with Crippen molar-refractivity contribution in [3.05, 3.63) is 72.6 Å². The van der Waals surface area contributed by atoms with Gasteiger partial charge in [0.05, 0.1) is 17.0 Å². The number of nitro groups is 1. The molecule has 1 aromatic carbocycles. The topological polar surface area (TPSA) is 106 Å². The zero-order valence-electron chi connectivity index (χ0n) is 14.1. The molecule has 1 unspecified atom stereocenters. The van der Waals surface area contributed by atoms with Crippen LogP contribution in [0.1, 0.15) is 20.8 Å². The summed E-state index contributed by atoms with van der Waals surface area (Å²) in [5, 5.41) is 12.1. The average Bonchev–Trinajstić information content (AvgIpc) is 3.38. The van der Waals surface area contributed by atoms with E-state index in [-0.39, 0.29) is 23.5 Å². The van der Waals surface area contributed by atoms with Crippen LogP contribution in [0.4, 0.5) is 0 Å². The average molecular weight is 419 g/mol. The third-order valence-electron chi connectivity index (χ3n) is 5.07. The van der Waals surface area contributed by atoms with Gasteiger partial charge in [-0.25, -0.2) is 9.78 Å². The van der Waals surface area contributed by atoms with Crippen LogP contribution in [0.25, 0.3) is 0 Å². The standard InChI is InChI=1S/C17H11ClN4O5S/c18-16-19-7-9(28-16)8-20-5-6-21-13(20)12(22(25)26)17(15(21)24)11-4-2-1-3-10(11)14(23)27-17/h1-4,7H,5-6,8H2. The minimum Gasteiger partial charge on any atom is -0.428 e. The zero-order valence-corrected chi connectivity index (χ0v) is 15.7. The van der Waals surface area contributed by atoms with Gasteiger partial charge in [-0.1, -0.05) is 29.8 Å². The summed E-state index contributed by atoms with van der Waals surface area (Å²) < 4.78 is 5.79. The predicted octanol–water partition coefficient (Wildman–Crippen LogP) is 1.97. The maximum Gasteiger partial charge on any atom is 0.344 e. The number of halogens is 1. The Bertz CT molecular complexity index is 1100. The van der Waals surface area contributed by atoms with Crippen molar-refractivity contribution in [1.82, 2.24) is 14.8 Å². The molecule has 0 radical (unpaired) electrons. The molecular weight excluding hydrogens is 408 g/mol. The summed E-state index contributed by atoms with van der Waals surface area (Å²) >= 11 is 7.14. The molecule has 9 nitrogen and oxygen atoms in total. The number of rotatable bonds is 3. The van der Waals surface area contributed by atoms with E-state index in [1.807, 2.05) is 0 Å². The highest BCUT2D eigenvalue weighted by molar-refractivity contribution is 7.15. The summed E-state index contributed by atoms with van der Waals surface area (Å²) in [5.41, 5.74) is -2.10. The van der Waals surface area contributed by atoms with Crippen LogP contribution in [0, 0.1) is 10.1 Å². The Labute approximate surface area is 166 Å². The van der Waals surface area contributed by atoms with E-state index in [4.69, 9.17) is 16.3 Å². The van der Waals surface area contributed by atoms with E-state index in [9.17, 15) is 19.7 Å². The van der Waals surface area contributed by atoms with Crippen LogP contribution < -0.4 is 0 Å². The van der Waals surface area contributed by atoms with E-state index in [0.29, 0.717) is 17.6 Å². The third kappa shape index (κ3) is 2.09. The van der Waals surface area contributed by atoms with Crippen LogP contribution in [-0.2, 0) is 21.7 Å². The molecule has 142 valence electrons. The first kappa shape index (κ1) is 17.1. The lowest BCUT2D eigenvalue weighted by atomic mass is 9.90. The lowest BCUT2D eigenvalue weighted by Crippen LogP contribution is -2.42. The molecule has 1 spiro atoms. The molecule has 1 amide bonds. The second-order valence-electron chi connectivity index (χ2n) is 6.50. The third-order valence-corrected chi connectivity index (χ3v) is 6.17. The van der Waals surface area contributed by atoms with E-state index in [1.54, 1.807) is 23.2 Å². The van der Waals surface area contributed by atoms with E-state index in [0.717, 1.165) is 4.88 Å². The molecule has 0 aliphatic carbocycles. The van der Waals surface area contributed by atoms with Gasteiger partial charge < -0.3 is 9.64 Å². The first-order valence-corrected chi connectivity index (χ1v) is 9.52. The van der Waals surface area contributed by atoms with E-state index >= 15 is 0 Å². The van der Waals surface area contributed by atoms with Crippen molar-refractivity contribution in [3.63, 3.8) is 0 Å². The molecule has 2 aromatic rings. The van der Waals surface area contributed by atoms with Gasteiger partial charge in [0.15, 0.2) is 10.3 Å². The number of carbonyl (C=O) groups excluding carboxylic acids is 2. The molecule has 5 rings (SSSR count). The molecular formula is C17H11ClN4O5S. The number of amides is 1. The summed E-state index contributed by atoms with van der Waals surface area (Å²) in [6.07, 6.45) is 1.60. The maximum atomic E-state index is 13.3. The monoisotopic (exact) mass is 418 g/mol. The van der Waals surface area contributed by atoms with Crippen LogP contribution in [0.5, 0.6) is 0 Å². The number of hydrogen-bond donors (Lipinski definition) is 0. The van der Waals surface area contributed by atoms with Gasteiger partial charge in [-0.05, 0) is 6.07 Å². The van der Waals surface area contributed by atoms with Gasteiger partial charge in [0.25, 0.3) is 5.91 Å². The van der Waals surface area contributed by atoms with Crippen LogP contribution in [0.15, 0.2) is 42.0 Å². The highest BCUT2D eigenvalue weighted by Crippen LogP contribution is 2.51. The molecule has 11 heteroatoms. The lowest BCUT2D eigenvalue weighted by molar-refractivity contribution is -0.442. The summed E-state index contributed by atoms with van der Waals surface area (Å²) in [4.78, 5) is 45.0. The molecule has 1 aromatic heterocycles. The van der Waals surface area contributed by atoms with Crippen molar-refractivity contribution in [2.75, 3.05) is 13.1 Å². The number of nitrogens with zero attached hydrogens (tertiary/aromatic N) is 4. The van der Waals surface area contributed by atoms with Crippen molar-refractivity contribution < 1.29 is 19.2 Å². The van der Waals surface area contributed by atoms with Gasteiger partial charge in [0.2, 0.25) is 0 Å². The summed E-state index contributed by atoms with van der Waals surface area (Å²) in [5.74, 6) is -1.20. The largest absolute Gasteiger partial charge is 0.428 e. The number of esters is 1. The maximum absolute atomic E-state index is 13.3. The Morgan fingerprint density at radius 3 is 2.82 bits per heavy atom. The smallest absolute Gasteiger partial charge is 0.344 e. The Morgan fingerprint density at radius 1 is 1.32 bits per heavy atom. The summed E-state index contributed by atoms with van der Waals surface area (Å²) in [6, 6.07) is 6.27. The molecule has 1 fully saturated rings. The van der Waals surface area contributed by atoms with Crippen molar-refractivity contribution in [2.45, 2.75) is 12.1 Å². The number of thiazole rings is 1. The molecule has 28 heavy (non-hydrogen) atoms. The molecule has 4 heterocycles. The van der Waals surface area contributed by atoms with E-state index in [1.165, 1.54) is 28.4 Å². The van der Waals surface area contributed by atoms with Gasteiger partial charge in [-0.2, -0.15) is 0 Å². The second kappa shape index (κ2) is 5.76. The van der Waals surface area contributed by atoms with Gasteiger partial charge >= 0.3 is 17.3 Å². The van der Waals surface area contributed by atoms with Crippen molar-refractivity contribution >= 4 is 34.8 Å². The quantitative estimate of drug-likeness (QED) is 0.426. The number of benzene rings is 1. The van der Waals surface area contributed by atoms with Crippen LogP contribution in [-0.4, -0.2) is 44.7 Å². The molecule has 3 aliphatic heterocycles. The fraction of sp³-hybridized carbons (Fsp3) is 0.235. The van der Waals surface area contributed by atoms with Gasteiger partial charge in [0.1, 0.15) is 0 Å². The second-order valence-corrected chi connectivity index (χ2v) is 8.20. The normalized spacial score (nSPS) is 22.9. The fourth-order valence-electron chi connectivity index (χ4n) is 3.99. The lowest BCUT2D eigenvalue weighted by Gasteiger charge is -2.21. The van der Waals surface area contributed by atoms with Crippen molar-refractivity contribution in [1.29, 1.82) is 0 Å². The van der Waals surface area contributed by atoms with Crippen molar-refractivity contribution in [3.8, 4) is 0 Å². The zero-order chi connectivity index (χ0) is 19.6. The minimum absolute atomic E-state index is 0.157. The predicted molar refractivity (Wildman–Crippen MR) is 96.8 cm³/mol. The number of carbonyl (C=O) groups is 2. The Morgan fingerprint density at radius 2 is 2.11 bits per heavy atom. The Hall–Kier alpha value is -2.98. The first-order chi connectivity index (χ1) is 13.4. The number of fused-ring (bicyclic) bond motifs is 3. The SMILES string of the molecule is O=C1OC2(C(=O)N3CCN(Cc4cnc(Cl)s4)C3=C2[N+](=O)[O-])c2ccccc21. The van der Waals surface area contributed by atoms with Crippen LogP contribution in [0.3, 0.4) is 0 Å². The van der Waals surface area contributed by atoms with Crippen LogP contribution >= 0.6 is 22.9 Å². The first-order valence-electron chi connectivity index (χ1n) is 8.32. The Balaban J connectivity index is 1.68. The van der Waals surface area contributed by atoms with E-state index < -0.39 is 28.1 Å².